The van der Waals surface area contributed by atoms with E-state index in [-0.39, 0.29) is 11.7 Å². The highest BCUT2D eigenvalue weighted by Gasteiger charge is 2.23. The van der Waals surface area contributed by atoms with E-state index >= 15 is 0 Å². The van der Waals surface area contributed by atoms with Crippen LogP contribution in [-0.2, 0) is 17.9 Å². The van der Waals surface area contributed by atoms with Gasteiger partial charge in [0.1, 0.15) is 11.5 Å². The summed E-state index contributed by atoms with van der Waals surface area (Å²) >= 11 is 0. The fraction of sp³-hybridized carbons (Fsp3) is 0.316. The van der Waals surface area contributed by atoms with Gasteiger partial charge in [-0.1, -0.05) is 24.3 Å². The molecule has 0 saturated carbocycles. The first kappa shape index (κ1) is 17.0. The highest BCUT2D eigenvalue weighted by molar-refractivity contribution is 5.92. The van der Waals surface area contributed by atoms with Crippen molar-refractivity contribution in [2.75, 3.05) is 25.0 Å². The van der Waals surface area contributed by atoms with E-state index in [9.17, 15) is 9.59 Å². The molecule has 2 aromatic rings. The van der Waals surface area contributed by atoms with Crippen molar-refractivity contribution in [3.05, 3.63) is 60.2 Å². The van der Waals surface area contributed by atoms with Crippen molar-refractivity contribution >= 4 is 17.4 Å². The Kier molecular flexibility index (Phi) is 4.97. The summed E-state index contributed by atoms with van der Waals surface area (Å²) < 4.78 is 1.90. The van der Waals surface area contributed by atoms with Gasteiger partial charge in [-0.15, -0.1) is 0 Å². The van der Waals surface area contributed by atoms with E-state index in [2.05, 4.69) is 9.88 Å². The first-order valence-electron chi connectivity index (χ1n) is 8.33. The largest absolute Gasteiger partial charge is 0.371 e. The Morgan fingerprint density at radius 3 is 2.72 bits per heavy atom. The van der Waals surface area contributed by atoms with Crippen LogP contribution in [0.3, 0.4) is 0 Å². The topological polar surface area (TPSA) is 58.4 Å². The number of carbonyl (C=O) groups excluding carboxylic acids is 2. The number of benzene rings is 1. The van der Waals surface area contributed by atoms with Crippen LogP contribution in [-0.4, -0.2) is 46.3 Å². The first-order chi connectivity index (χ1) is 12.1. The molecular weight excluding hydrogens is 316 g/mol. The van der Waals surface area contributed by atoms with Crippen molar-refractivity contribution in [2.45, 2.75) is 20.0 Å². The van der Waals surface area contributed by atoms with Crippen molar-refractivity contribution in [1.82, 2.24) is 14.5 Å². The molecule has 6 heteroatoms. The summed E-state index contributed by atoms with van der Waals surface area (Å²) in [5.74, 6) is 0.738. The zero-order valence-electron chi connectivity index (χ0n) is 14.6. The molecule has 0 N–H and O–H groups in total. The van der Waals surface area contributed by atoms with Gasteiger partial charge in [-0.2, -0.15) is 0 Å². The molecule has 1 aromatic carbocycles. The quantitative estimate of drug-likeness (QED) is 0.619. The van der Waals surface area contributed by atoms with Gasteiger partial charge in [0.05, 0.1) is 12.7 Å². The van der Waals surface area contributed by atoms with Gasteiger partial charge < -0.3 is 14.4 Å². The summed E-state index contributed by atoms with van der Waals surface area (Å²) in [4.78, 5) is 32.0. The molecular formula is C19H22N4O2. The number of anilines is 1. The zero-order valence-corrected chi connectivity index (χ0v) is 14.6. The van der Waals surface area contributed by atoms with E-state index in [0.717, 1.165) is 11.5 Å². The summed E-state index contributed by atoms with van der Waals surface area (Å²) in [7, 11) is 1.99. The Labute approximate surface area is 147 Å². The van der Waals surface area contributed by atoms with Crippen LogP contribution in [0.5, 0.6) is 0 Å². The third-order valence-electron chi connectivity index (χ3n) is 4.37. The molecule has 1 aromatic heterocycles. The molecule has 0 fully saturated rings. The fourth-order valence-electron chi connectivity index (χ4n) is 2.93. The lowest BCUT2D eigenvalue weighted by molar-refractivity contribution is -0.127. The molecule has 0 bridgehead atoms. The summed E-state index contributed by atoms with van der Waals surface area (Å²) in [6.45, 7) is 3.82. The summed E-state index contributed by atoms with van der Waals surface area (Å²) in [5, 5.41) is 0. The SMILES string of the molecule is CC(=O)c1cnc2n1CCN(C(=O)/C=C/CN(C)c1ccccc1)C2. The van der Waals surface area contributed by atoms with Crippen molar-refractivity contribution < 1.29 is 9.59 Å². The Bertz CT molecular complexity index is 795. The normalized spacial score (nSPS) is 13.8. The second kappa shape index (κ2) is 7.34. The van der Waals surface area contributed by atoms with Gasteiger partial charge >= 0.3 is 0 Å². The first-order valence-corrected chi connectivity index (χ1v) is 8.33. The second-order valence-corrected chi connectivity index (χ2v) is 6.15. The van der Waals surface area contributed by atoms with E-state index in [0.29, 0.717) is 31.9 Å². The number of imidazole rings is 1. The van der Waals surface area contributed by atoms with Crippen molar-refractivity contribution in [2.24, 2.45) is 0 Å². The molecule has 0 spiro atoms. The van der Waals surface area contributed by atoms with Crippen LogP contribution in [0.25, 0.3) is 0 Å². The standard InChI is InChI=1S/C19H22N4O2/c1-15(24)17-13-20-18-14-22(11-12-23(17)18)19(25)9-6-10-21(2)16-7-4-3-5-8-16/h3-9,13H,10-12,14H2,1-2H3/b9-6+. The lowest BCUT2D eigenvalue weighted by atomic mass is 10.3. The molecule has 130 valence electrons. The number of Topliss-reactive ketones (excluding diaryl/α,β-unsaturated/α-hetero) is 1. The molecule has 0 aliphatic carbocycles. The van der Waals surface area contributed by atoms with Crippen LogP contribution in [0.1, 0.15) is 23.2 Å². The average Bonchev–Trinajstić information content (AvgIpc) is 3.05. The molecule has 1 aliphatic heterocycles. The monoisotopic (exact) mass is 338 g/mol. The Morgan fingerprint density at radius 2 is 2.00 bits per heavy atom. The van der Waals surface area contributed by atoms with Crippen LogP contribution < -0.4 is 4.90 Å². The minimum absolute atomic E-state index is 0.00220. The number of carbonyl (C=O) groups is 2. The Balaban J connectivity index is 1.58. The zero-order chi connectivity index (χ0) is 17.8. The number of para-hydroxylation sites is 1. The number of hydrogen-bond acceptors (Lipinski definition) is 4. The van der Waals surface area contributed by atoms with E-state index in [1.807, 2.05) is 48.0 Å². The van der Waals surface area contributed by atoms with Gasteiger partial charge in [-0.05, 0) is 12.1 Å². The number of nitrogens with zero attached hydrogens (tertiary/aromatic N) is 4. The van der Waals surface area contributed by atoms with Crippen LogP contribution in [0.2, 0.25) is 0 Å². The highest BCUT2D eigenvalue weighted by Crippen LogP contribution is 2.15. The number of fused-ring (bicyclic) bond motifs is 1. The smallest absolute Gasteiger partial charge is 0.246 e. The van der Waals surface area contributed by atoms with Crippen molar-refractivity contribution in [3.8, 4) is 0 Å². The fourth-order valence-corrected chi connectivity index (χ4v) is 2.93. The molecule has 3 rings (SSSR count). The molecule has 0 radical (unpaired) electrons. The van der Waals surface area contributed by atoms with Crippen molar-refractivity contribution in [1.29, 1.82) is 0 Å². The summed E-state index contributed by atoms with van der Waals surface area (Å²) in [6, 6.07) is 10.0. The highest BCUT2D eigenvalue weighted by atomic mass is 16.2. The average molecular weight is 338 g/mol. The van der Waals surface area contributed by atoms with E-state index < -0.39 is 0 Å². The number of amides is 1. The number of aromatic nitrogens is 2. The van der Waals surface area contributed by atoms with Gasteiger partial charge in [-0.25, -0.2) is 4.98 Å². The predicted octanol–water partition coefficient (Wildman–Crippen LogP) is 2.12. The molecule has 0 unspecified atom stereocenters. The third-order valence-corrected chi connectivity index (χ3v) is 4.37. The Morgan fingerprint density at radius 1 is 1.24 bits per heavy atom. The molecule has 1 amide bonds. The summed E-state index contributed by atoms with van der Waals surface area (Å²) in [5.41, 5.74) is 1.72. The van der Waals surface area contributed by atoms with Crippen LogP contribution in [0, 0.1) is 0 Å². The van der Waals surface area contributed by atoms with E-state index in [1.165, 1.54) is 6.92 Å². The minimum Gasteiger partial charge on any atom is -0.371 e. The summed E-state index contributed by atoms with van der Waals surface area (Å²) in [6.07, 6.45) is 5.08. The number of hydrogen-bond donors (Lipinski definition) is 0. The van der Waals surface area contributed by atoms with Gasteiger partial charge in [0, 0.05) is 45.4 Å². The number of likely N-dealkylation sites (N-methyl/N-ethyl adjacent to an activating group) is 1. The van der Waals surface area contributed by atoms with Gasteiger partial charge in [0.25, 0.3) is 0 Å². The van der Waals surface area contributed by atoms with Gasteiger partial charge in [0.15, 0.2) is 5.78 Å². The lowest BCUT2D eigenvalue weighted by Gasteiger charge is -2.27. The number of ketones is 1. The van der Waals surface area contributed by atoms with Crippen molar-refractivity contribution in [3.63, 3.8) is 0 Å². The number of rotatable bonds is 5. The van der Waals surface area contributed by atoms with E-state index in [1.54, 1.807) is 17.2 Å². The third kappa shape index (κ3) is 3.79. The molecule has 0 saturated heterocycles. The maximum absolute atomic E-state index is 12.4. The lowest BCUT2D eigenvalue weighted by Crippen LogP contribution is -2.38. The molecule has 0 atom stereocenters. The molecule has 2 heterocycles. The van der Waals surface area contributed by atoms with Crippen LogP contribution >= 0.6 is 0 Å². The van der Waals surface area contributed by atoms with Gasteiger partial charge in [-0.3, -0.25) is 9.59 Å². The minimum atomic E-state index is -0.0277. The van der Waals surface area contributed by atoms with E-state index in [4.69, 9.17) is 0 Å². The molecule has 25 heavy (non-hydrogen) atoms. The maximum atomic E-state index is 12.4. The Hall–Kier alpha value is -2.89. The molecule has 1 aliphatic rings. The molecule has 6 nitrogen and oxygen atoms in total. The van der Waals surface area contributed by atoms with Crippen LogP contribution in [0.15, 0.2) is 48.7 Å². The maximum Gasteiger partial charge on any atom is 0.246 e. The van der Waals surface area contributed by atoms with Gasteiger partial charge in [0.2, 0.25) is 5.91 Å². The van der Waals surface area contributed by atoms with Crippen LogP contribution in [0.4, 0.5) is 5.69 Å². The second-order valence-electron chi connectivity index (χ2n) is 6.15. The predicted molar refractivity (Wildman–Crippen MR) is 96.5 cm³/mol.